The number of hydrogen-bond donors (Lipinski definition) is 0. The Bertz CT molecular complexity index is 566. The summed E-state index contributed by atoms with van der Waals surface area (Å²) in [5, 5.41) is 0.0388. The summed E-state index contributed by atoms with van der Waals surface area (Å²) in [6, 6.07) is 7.41. The van der Waals surface area contributed by atoms with E-state index in [1.54, 1.807) is 6.07 Å². The second-order valence-corrected chi connectivity index (χ2v) is 3.72. The number of ether oxygens (including phenoxy) is 1. The molecule has 0 spiro atoms. The number of para-hydroxylation sites is 1. The van der Waals surface area contributed by atoms with Crippen LogP contribution < -0.4 is 4.74 Å². The first-order valence-corrected chi connectivity index (χ1v) is 5.28. The van der Waals surface area contributed by atoms with Gasteiger partial charge in [-0.1, -0.05) is 17.7 Å². The van der Waals surface area contributed by atoms with Crippen molar-refractivity contribution in [3.05, 3.63) is 41.1 Å². The van der Waals surface area contributed by atoms with Gasteiger partial charge in [-0.2, -0.15) is 8.78 Å². The topological polar surface area (TPSA) is 39.4 Å². The Kier molecular flexibility index (Phi) is 3.62. The van der Waals surface area contributed by atoms with E-state index in [0.29, 0.717) is 6.29 Å². The second kappa shape index (κ2) is 5.18. The SMILES string of the molecule is O=Cc1ccc(-c2cccc(Cl)c2OC(F)F)o1. The molecule has 3 nitrogen and oxygen atoms in total. The van der Waals surface area contributed by atoms with Crippen LogP contribution in [-0.2, 0) is 0 Å². The fourth-order valence-electron chi connectivity index (χ4n) is 1.47. The van der Waals surface area contributed by atoms with Crippen molar-refractivity contribution in [1.29, 1.82) is 0 Å². The molecule has 0 N–H and O–H groups in total. The average Bonchev–Trinajstić information content (AvgIpc) is 2.80. The molecule has 2 rings (SSSR count). The number of rotatable bonds is 4. The quantitative estimate of drug-likeness (QED) is 0.789. The summed E-state index contributed by atoms with van der Waals surface area (Å²) in [5.74, 6) is 0.143. The van der Waals surface area contributed by atoms with Gasteiger partial charge in [0.15, 0.2) is 17.8 Å². The Balaban J connectivity index is 2.49. The van der Waals surface area contributed by atoms with Crippen LogP contribution in [0.1, 0.15) is 10.6 Å². The van der Waals surface area contributed by atoms with Crippen molar-refractivity contribution in [2.75, 3.05) is 0 Å². The summed E-state index contributed by atoms with van der Waals surface area (Å²) in [6.45, 7) is -3.00. The molecule has 2 aromatic rings. The molecular formula is C12H7ClF2O3. The van der Waals surface area contributed by atoms with E-state index in [2.05, 4.69) is 4.74 Å². The van der Waals surface area contributed by atoms with Gasteiger partial charge in [-0.05, 0) is 24.3 Å². The zero-order valence-electron chi connectivity index (χ0n) is 8.90. The molecule has 0 saturated heterocycles. The van der Waals surface area contributed by atoms with Gasteiger partial charge in [0.25, 0.3) is 0 Å². The highest BCUT2D eigenvalue weighted by atomic mass is 35.5. The third-order valence-corrected chi connectivity index (χ3v) is 2.48. The van der Waals surface area contributed by atoms with Crippen LogP contribution in [0.25, 0.3) is 11.3 Å². The van der Waals surface area contributed by atoms with Crippen LogP contribution in [0.2, 0.25) is 5.02 Å². The van der Waals surface area contributed by atoms with Crippen molar-refractivity contribution >= 4 is 17.9 Å². The predicted octanol–water partition coefficient (Wildman–Crippen LogP) is 4.01. The first kappa shape index (κ1) is 12.6. The second-order valence-electron chi connectivity index (χ2n) is 3.31. The van der Waals surface area contributed by atoms with Crippen molar-refractivity contribution in [2.24, 2.45) is 0 Å². The Morgan fingerprint density at radius 2 is 2.06 bits per heavy atom. The molecule has 0 aliphatic carbocycles. The molecular weight excluding hydrogens is 266 g/mol. The highest BCUT2D eigenvalue weighted by Crippen LogP contribution is 2.37. The first-order chi connectivity index (χ1) is 8.61. The third kappa shape index (κ3) is 2.51. The molecule has 0 atom stereocenters. The lowest BCUT2D eigenvalue weighted by Gasteiger charge is -2.10. The van der Waals surface area contributed by atoms with Crippen LogP contribution in [0.5, 0.6) is 5.75 Å². The van der Waals surface area contributed by atoms with E-state index in [1.807, 2.05) is 0 Å². The number of furan rings is 1. The van der Waals surface area contributed by atoms with E-state index in [-0.39, 0.29) is 27.9 Å². The van der Waals surface area contributed by atoms with Crippen molar-refractivity contribution in [3.63, 3.8) is 0 Å². The zero-order valence-corrected chi connectivity index (χ0v) is 9.66. The van der Waals surface area contributed by atoms with Gasteiger partial charge in [0.05, 0.1) is 10.6 Å². The molecule has 0 fully saturated rings. The molecule has 0 bridgehead atoms. The molecule has 0 saturated carbocycles. The molecule has 1 heterocycles. The molecule has 0 aliphatic heterocycles. The maximum atomic E-state index is 12.3. The van der Waals surface area contributed by atoms with Gasteiger partial charge in [0, 0.05) is 0 Å². The highest BCUT2D eigenvalue weighted by Gasteiger charge is 2.17. The lowest BCUT2D eigenvalue weighted by atomic mass is 10.1. The van der Waals surface area contributed by atoms with E-state index in [1.165, 1.54) is 24.3 Å². The van der Waals surface area contributed by atoms with Crippen molar-refractivity contribution in [3.8, 4) is 17.1 Å². The maximum absolute atomic E-state index is 12.3. The molecule has 0 aliphatic rings. The maximum Gasteiger partial charge on any atom is 0.387 e. The average molecular weight is 273 g/mol. The summed E-state index contributed by atoms with van der Waals surface area (Å²) in [7, 11) is 0. The Morgan fingerprint density at radius 3 is 2.67 bits per heavy atom. The fraction of sp³-hybridized carbons (Fsp3) is 0.0833. The summed E-state index contributed by atoms with van der Waals surface area (Å²) in [6.07, 6.45) is 0.516. The predicted molar refractivity (Wildman–Crippen MR) is 61.2 cm³/mol. The summed E-state index contributed by atoms with van der Waals surface area (Å²) in [5.41, 5.74) is 0.260. The molecule has 6 heteroatoms. The van der Waals surface area contributed by atoms with Gasteiger partial charge < -0.3 is 9.15 Å². The Morgan fingerprint density at radius 1 is 1.28 bits per heavy atom. The van der Waals surface area contributed by atoms with E-state index in [0.717, 1.165) is 0 Å². The van der Waals surface area contributed by atoms with Gasteiger partial charge in [-0.15, -0.1) is 0 Å². The van der Waals surface area contributed by atoms with Crippen LogP contribution in [0.4, 0.5) is 8.78 Å². The number of aldehydes is 1. The van der Waals surface area contributed by atoms with E-state index >= 15 is 0 Å². The minimum atomic E-state index is -3.00. The Labute approximate surface area is 106 Å². The van der Waals surface area contributed by atoms with E-state index in [4.69, 9.17) is 16.0 Å². The standard InChI is InChI=1S/C12H7ClF2O3/c13-9-3-1-2-8(11(9)18-12(14)15)10-5-4-7(6-16)17-10/h1-6,12H. The van der Waals surface area contributed by atoms with Crippen LogP contribution >= 0.6 is 11.6 Å². The molecule has 94 valence electrons. The van der Waals surface area contributed by atoms with Crippen LogP contribution in [0.3, 0.4) is 0 Å². The van der Waals surface area contributed by atoms with E-state index < -0.39 is 6.61 Å². The molecule has 18 heavy (non-hydrogen) atoms. The number of carbonyl (C=O) groups is 1. The minimum absolute atomic E-state index is 0.0388. The van der Waals surface area contributed by atoms with Gasteiger partial charge >= 0.3 is 6.61 Å². The molecule has 1 aromatic carbocycles. The molecule has 1 aromatic heterocycles. The van der Waals surface area contributed by atoms with Gasteiger partial charge in [-0.25, -0.2) is 0 Å². The largest absolute Gasteiger partial charge is 0.453 e. The summed E-state index contributed by atoms with van der Waals surface area (Å²) >= 11 is 5.79. The molecule has 0 unspecified atom stereocenters. The van der Waals surface area contributed by atoms with Crippen molar-refractivity contribution in [1.82, 2.24) is 0 Å². The number of halogens is 3. The van der Waals surface area contributed by atoms with Crippen LogP contribution in [-0.4, -0.2) is 12.9 Å². The number of hydrogen-bond acceptors (Lipinski definition) is 3. The molecule has 0 radical (unpaired) electrons. The van der Waals surface area contributed by atoms with Crippen LogP contribution in [0.15, 0.2) is 34.7 Å². The van der Waals surface area contributed by atoms with E-state index in [9.17, 15) is 13.6 Å². The Hall–Kier alpha value is -1.88. The molecule has 0 amide bonds. The fourth-order valence-corrected chi connectivity index (χ4v) is 1.69. The van der Waals surface area contributed by atoms with Gasteiger partial charge in [0.1, 0.15) is 5.76 Å². The normalized spacial score (nSPS) is 10.7. The lowest BCUT2D eigenvalue weighted by molar-refractivity contribution is -0.0494. The highest BCUT2D eigenvalue weighted by molar-refractivity contribution is 6.32. The zero-order chi connectivity index (χ0) is 13.1. The van der Waals surface area contributed by atoms with Crippen molar-refractivity contribution < 1.29 is 22.7 Å². The monoisotopic (exact) mass is 272 g/mol. The number of alkyl halides is 2. The lowest BCUT2D eigenvalue weighted by Crippen LogP contribution is -2.03. The van der Waals surface area contributed by atoms with Gasteiger partial charge in [0.2, 0.25) is 0 Å². The number of benzene rings is 1. The summed E-state index contributed by atoms with van der Waals surface area (Å²) in [4.78, 5) is 10.5. The van der Waals surface area contributed by atoms with Gasteiger partial charge in [-0.3, -0.25) is 4.79 Å². The smallest absolute Gasteiger partial charge is 0.387 e. The minimum Gasteiger partial charge on any atom is -0.453 e. The third-order valence-electron chi connectivity index (χ3n) is 2.18. The number of carbonyl (C=O) groups excluding carboxylic acids is 1. The summed E-state index contributed by atoms with van der Waals surface area (Å²) < 4.78 is 34.1. The first-order valence-electron chi connectivity index (χ1n) is 4.90. The van der Waals surface area contributed by atoms with Crippen LogP contribution in [0, 0.1) is 0 Å². The van der Waals surface area contributed by atoms with Crippen molar-refractivity contribution in [2.45, 2.75) is 6.61 Å².